The highest BCUT2D eigenvalue weighted by atomic mass is 15.1. The van der Waals surface area contributed by atoms with Gasteiger partial charge in [0.05, 0.1) is 23.4 Å². The third kappa shape index (κ3) is 1.47. The first kappa shape index (κ1) is 9.41. The topological polar surface area (TPSA) is 41.6 Å². The molecule has 1 heterocycles. The van der Waals surface area contributed by atoms with Crippen LogP contribution < -0.4 is 0 Å². The van der Waals surface area contributed by atoms with Crippen molar-refractivity contribution >= 4 is 11.0 Å². The third-order valence-electron chi connectivity index (χ3n) is 3.44. The summed E-state index contributed by atoms with van der Waals surface area (Å²) in [5.74, 6) is 0. The molecule has 0 spiro atoms. The van der Waals surface area contributed by atoms with E-state index in [0.717, 1.165) is 12.1 Å². The molecule has 0 unspecified atom stereocenters. The van der Waals surface area contributed by atoms with Crippen molar-refractivity contribution in [2.75, 3.05) is 0 Å². The van der Waals surface area contributed by atoms with Gasteiger partial charge in [0.1, 0.15) is 0 Å². The van der Waals surface area contributed by atoms with Crippen LogP contribution in [0.2, 0.25) is 0 Å². The second-order valence-electron chi connectivity index (χ2n) is 4.70. The van der Waals surface area contributed by atoms with Crippen LogP contribution in [0.15, 0.2) is 30.6 Å². The second kappa shape index (κ2) is 3.34. The average Bonchev–Trinajstić information content (AvgIpc) is 2.93. The number of aromatic nitrogens is 2. The first-order chi connectivity index (χ1) is 7.83. The van der Waals surface area contributed by atoms with E-state index >= 15 is 0 Å². The van der Waals surface area contributed by atoms with E-state index in [1.165, 1.54) is 18.4 Å². The van der Waals surface area contributed by atoms with Crippen LogP contribution in [0.4, 0.5) is 0 Å². The molecule has 1 aromatic heterocycles. The van der Waals surface area contributed by atoms with Crippen LogP contribution >= 0.6 is 0 Å². The molecule has 0 saturated heterocycles. The summed E-state index contributed by atoms with van der Waals surface area (Å²) in [4.78, 5) is 4.37. The highest BCUT2D eigenvalue weighted by Crippen LogP contribution is 2.50. The minimum Gasteiger partial charge on any atom is -0.330 e. The molecule has 0 N–H and O–H groups in total. The van der Waals surface area contributed by atoms with Gasteiger partial charge in [-0.1, -0.05) is 12.1 Å². The molecule has 0 amide bonds. The van der Waals surface area contributed by atoms with Gasteiger partial charge >= 0.3 is 0 Å². The predicted molar refractivity (Wildman–Crippen MR) is 61.6 cm³/mol. The number of rotatable bonds is 3. The fourth-order valence-electron chi connectivity index (χ4n) is 2.23. The second-order valence-corrected chi connectivity index (χ2v) is 4.70. The summed E-state index contributed by atoms with van der Waals surface area (Å²) < 4.78 is 2.18. The monoisotopic (exact) mass is 211 g/mol. The molecule has 0 aliphatic heterocycles. The van der Waals surface area contributed by atoms with Gasteiger partial charge in [-0.3, -0.25) is 0 Å². The van der Waals surface area contributed by atoms with E-state index in [4.69, 9.17) is 5.26 Å². The van der Waals surface area contributed by atoms with Gasteiger partial charge in [-0.15, -0.1) is 0 Å². The summed E-state index contributed by atoms with van der Waals surface area (Å²) in [5, 5.41) is 8.81. The van der Waals surface area contributed by atoms with Crippen molar-refractivity contribution in [1.82, 2.24) is 9.55 Å². The molecular weight excluding hydrogens is 198 g/mol. The lowest BCUT2D eigenvalue weighted by atomic mass is 10.0. The third-order valence-corrected chi connectivity index (χ3v) is 3.44. The number of nitriles is 1. The lowest BCUT2D eigenvalue weighted by Crippen LogP contribution is -2.10. The zero-order valence-corrected chi connectivity index (χ0v) is 9.06. The quantitative estimate of drug-likeness (QED) is 0.783. The van der Waals surface area contributed by atoms with E-state index in [-0.39, 0.29) is 5.41 Å². The summed E-state index contributed by atoms with van der Waals surface area (Å²) in [6.07, 6.45) is 4.90. The highest BCUT2D eigenvalue weighted by Gasteiger charge is 2.42. The SMILES string of the molecule is N#CCC1(Cn2cnc3ccccc32)CC1. The molecule has 1 aliphatic carbocycles. The van der Waals surface area contributed by atoms with Crippen molar-refractivity contribution in [3.05, 3.63) is 30.6 Å². The number of benzene rings is 1. The van der Waals surface area contributed by atoms with Crippen LogP contribution in [0, 0.1) is 16.7 Å². The lowest BCUT2D eigenvalue weighted by Gasteiger charge is -2.12. The maximum absolute atomic E-state index is 8.81. The van der Waals surface area contributed by atoms with Gasteiger partial charge in [-0.05, 0) is 25.0 Å². The van der Waals surface area contributed by atoms with Crippen LogP contribution in [0.1, 0.15) is 19.3 Å². The minimum atomic E-state index is 0.234. The first-order valence-electron chi connectivity index (χ1n) is 5.60. The molecule has 3 heteroatoms. The van der Waals surface area contributed by atoms with E-state index in [1.54, 1.807) is 0 Å². The van der Waals surface area contributed by atoms with Gasteiger partial charge in [-0.2, -0.15) is 5.26 Å². The van der Waals surface area contributed by atoms with E-state index in [0.29, 0.717) is 6.42 Å². The Morgan fingerprint density at radius 1 is 1.38 bits per heavy atom. The molecule has 80 valence electrons. The Morgan fingerprint density at radius 2 is 2.19 bits per heavy atom. The Balaban J connectivity index is 1.93. The molecule has 3 nitrogen and oxygen atoms in total. The van der Waals surface area contributed by atoms with Crippen molar-refractivity contribution in [2.24, 2.45) is 5.41 Å². The molecular formula is C13H13N3. The Hall–Kier alpha value is -1.82. The van der Waals surface area contributed by atoms with Crippen LogP contribution in [0.3, 0.4) is 0 Å². The number of hydrogen-bond acceptors (Lipinski definition) is 2. The van der Waals surface area contributed by atoms with Gasteiger partial charge in [-0.25, -0.2) is 4.98 Å². The maximum atomic E-state index is 8.81. The number of hydrogen-bond donors (Lipinski definition) is 0. The number of imidazole rings is 1. The molecule has 0 radical (unpaired) electrons. The molecule has 16 heavy (non-hydrogen) atoms. The molecule has 0 atom stereocenters. The van der Waals surface area contributed by atoms with Gasteiger partial charge < -0.3 is 4.57 Å². The summed E-state index contributed by atoms with van der Waals surface area (Å²) in [7, 11) is 0. The molecule has 1 aromatic carbocycles. The van der Waals surface area contributed by atoms with Gasteiger partial charge in [0.25, 0.3) is 0 Å². The molecule has 0 bridgehead atoms. The molecule has 3 rings (SSSR count). The van der Waals surface area contributed by atoms with E-state index < -0.39 is 0 Å². The Labute approximate surface area is 94.3 Å². The first-order valence-corrected chi connectivity index (χ1v) is 5.60. The molecule has 1 saturated carbocycles. The lowest BCUT2D eigenvalue weighted by molar-refractivity contribution is 0.438. The summed E-state index contributed by atoms with van der Waals surface area (Å²) in [6.45, 7) is 0.932. The van der Waals surface area contributed by atoms with Crippen LogP contribution in [0.5, 0.6) is 0 Å². The summed E-state index contributed by atoms with van der Waals surface area (Å²) in [6, 6.07) is 10.4. The average molecular weight is 211 g/mol. The molecule has 1 fully saturated rings. The van der Waals surface area contributed by atoms with E-state index in [2.05, 4.69) is 21.7 Å². The van der Waals surface area contributed by atoms with Gasteiger partial charge in [0.15, 0.2) is 0 Å². The van der Waals surface area contributed by atoms with Crippen molar-refractivity contribution < 1.29 is 0 Å². The fourth-order valence-corrected chi connectivity index (χ4v) is 2.23. The number of para-hydroxylation sites is 2. The van der Waals surface area contributed by atoms with Gasteiger partial charge in [0, 0.05) is 18.4 Å². The fraction of sp³-hybridized carbons (Fsp3) is 0.385. The summed E-state index contributed by atoms with van der Waals surface area (Å²) in [5.41, 5.74) is 2.44. The molecule has 1 aliphatic rings. The van der Waals surface area contributed by atoms with Crippen LogP contribution in [-0.4, -0.2) is 9.55 Å². The van der Waals surface area contributed by atoms with Gasteiger partial charge in [0.2, 0.25) is 0 Å². The van der Waals surface area contributed by atoms with E-state index in [9.17, 15) is 0 Å². The molecule has 2 aromatic rings. The summed E-state index contributed by atoms with van der Waals surface area (Å²) >= 11 is 0. The Bertz CT molecular complexity index is 558. The van der Waals surface area contributed by atoms with Crippen LogP contribution in [0.25, 0.3) is 11.0 Å². The normalized spacial score (nSPS) is 17.2. The Kier molecular flexibility index (Phi) is 1.97. The van der Waals surface area contributed by atoms with Crippen molar-refractivity contribution in [2.45, 2.75) is 25.8 Å². The van der Waals surface area contributed by atoms with Crippen molar-refractivity contribution in [3.8, 4) is 6.07 Å². The number of nitrogens with zero attached hydrogens (tertiary/aromatic N) is 3. The standard InChI is InChI=1S/C13H13N3/c14-8-7-13(5-6-13)9-16-10-15-11-3-1-2-4-12(11)16/h1-4,10H,5-7,9H2. The predicted octanol–water partition coefficient (Wildman–Crippen LogP) is 2.73. The van der Waals surface area contributed by atoms with Crippen molar-refractivity contribution in [3.63, 3.8) is 0 Å². The Morgan fingerprint density at radius 3 is 2.94 bits per heavy atom. The number of fused-ring (bicyclic) bond motifs is 1. The van der Waals surface area contributed by atoms with E-state index in [1.807, 2.05) is 24.5 Å². The highest BCUT2D eigenvalue weighted by molar-refractivity contribution is 5.74. The zero-order chi connectivity index (χ0) is 11.0. The maximum Gasteiger partial charge on any atom is 0.0958 e. The van der Waals surface area contributed by atoms with Crippen LogP contribution in [-0.2, 0) is 6.54 Å². The smallest absolute Gasteiger partial charge is 0.0958 e. The van der Waals surface area contributed by atoms with Crippen molar-refractivity contribution in [1.29, 1.82) is 5.26 Å². The largest absolute Gasteiger partial charge is 0.330 e. The zero-order valence-electron chi connectivity index (χ0n) is 9.06. The minimum absolute atomic E-state index is 0.234.